The van der Waals surface area contributed by atoms with Gasteiger partial charge in [-0.15, -0.1) is 0 Å². The Morgan fingerprint density at radius 1 is 1.19 bits per heavy atom. The van der Waals surface area contributed by atoms with Crippen molar-refractivity contribution < 1.29 is 24.1 Å². The van der Waals surface area contributed by atoms with Crippen LogP contribution < -0.4 is 9.47 Å². The average Bonchev–Trinajstić information content (AvgIpc) is 2.81. The molecule has 1 unspecified atom stereocenters. The number of hydrogen-bond donors (Lipinski definition) is 1. The second kappa shape index (κ2) is 10.4. The monoisotopic (exact) mass is 437 g/mol. The maximum Gasteiger partial charge on any atom is 0.338 e. The number of carbonyl (C=O) groups is 1. The number of carbonyl (C=O) groups excluding carboxylic acids is 1. The third-order valence-electron chi connectivity index (χ3n) is 5.95. The Morgan fingerprint density at radius 3 is 2.56 bits per heavy atom. The number of fused-ring (bicyclic) bond motifs is 1. The standard InChI is InChI=1S/C26H31NO5/c1-6-18(13-17(2)28)23-14-19-11-12-24(30-3)25(31-4)22(19)16-27(23)15-20-9-7-8-10-21(20)26(29)32-5/h7-13,23,28H,2,6,14-16H2,1,3-5H3. The molecule has 0 radical (unpaired) electrons. The summed E-state index contributed by atoms with van der Waals surface area (Å²) in [6, 6.07) is 11.5. The van der Waals surface area contributed by atoms with Crippen LogP contribution in [0.25, 0.3) is 0 Å². The first kappa shape index (κ1) is 23.4. The molecule has 0 aromatic heterocycles. The fourth-order valence-corrected chi connectivity index (χ4v) is 4.41. The van der Waals surface area contributed by atoms with Crippen molar-refractivity contribution in [2.45, 2.75) is 38.9 Å². The van der Waals surface area contributed by atoms with Gasteiger partial charge in [-0.3, -0.25) is 4.90 Å². The minimum atomic E-state index is -0.358. The first-order valence-corrected chi connectivity index (χ1v) is 10.6. The van der Waals surface area contributed by atoms with E-state index in [2.05, 4.69) is 24.5 Å². The minimum absolute atomic E-state index is 0.0280. The molecule has 6 heteroatoms. The van der Waals surface area contributed by atoms with Crippen molar-refractivity contribution in [3.05, 3.63) is 82.6 Å². The van der Waals surface area contributed by atoms with Gasteiger partial charge in [0, 0.05) is 24.7 Å². The topological polar surface area (TPSA) is 68.2 Å². The van der Waals surface area contributed by atoms with Gasteiger partial charge < -0.3 is 19.3 Å². The molecular formula is C26H31NO5. The van der Waals surface area contributed by atoms with E-state index in [4.69, 9.17) is 14.2 Å². The number of aliphatic hydroxyl groups excluding tert-OH is 1. The van der Waals surface area contributed by atoms with Crippen molar-refractivity contribution in [3.8, 4) is 11.5 Å². The molecule has 1 aliphatic heterocycles. The molecule has 0 bridgehead atoms. The average molecular weight is 438 g/mol. The SMILES string of the molecule is C=C(O)C=C(CC)C1Cc2ccc(OC)c(OC)c2CN1Cc1ccccc1C(=O)OC. The van der Waals surface area contributed by atoms with E-state index >= 15 is 0 Å². The van der Waals surface area contributed by atoms with Crippen molar-refractivity contribution >= 4 is 5.97 Å². The van der Waals surface area contributed by atoms with Crippen LogP contribution in [0.3, 0.4) is 0 Å². The summed E-state index contributed by atoms with van der Waals surface area (Å²) in [6.45, 7) is 6.86. The van der Waals surface area contributed by atoms with Crippen molar-refractivity contribution in [2.24, 2.45) is 0 Å². The molecule has 2 aromatic carbocycles. The van der Waals surface area contributed by atoms with Gasteiger partial charge in [0.2, 0.25) is 0 Å². The highest BCUT2D eigenvalue weighted by Gasteiger charge is 2.32. The van der Waals surface area contributed by atoms with Crippen molar-refractivity contribution in [1.29, 1.82) is 0 Å². The van der Waals surface area contributed by atoms with Gasteiger partial charge in [0.1, 0.15) is 5.76 Å². The summed E-state index contributed by atoms with van der Waals surface area (Å²) in [5.74, 6) is 1.09. The molecule has 2 aromatic rings. The van der Waals surface area contributed by atoms with E-state index in [-0.39, 0.29) is 17.8 Å². The highest BCUT2D eigenvalue weighted by molar-refractivity contribution is 5.90. The lowest BCUT2D eigenvalue weighted by Gasteiger charge is -2.39. The van der Waals surface area contributed by atoms with Crippen LogP contribution in [-0.2, 0) is 24.2 Å². The van der Waals surface area contributed by atoms with Crippen LogP contribution >= 0.6 is 0 Å². The maximum atomic E-state index is 12.3. The fourth-order valence-electron chi connectivity index (χ4n) is 4.41. The molecule has 1 heterocycles. The molecule has 1 aliphatic rings. The number of benzene rings is 2. The third-order valence-corrected chi connectivity index (χ3v) is 5.95. The number of rotatable bonds is 8. The minimum Gasteiger partial charge on any atom is -0.509 e. The Balaban J connectivity index is 2.09. The van der Waals surface area contributed by atoms with E-state index in [1.54, 1.807) is 26.4 Å². The first-order chi connectivity index (χ1) is 15.4. The van der Waals surface area contributed by atoms with Gasteiger partial charge in [-0.25, -0.2) is 4.79 Å². The highest BCUT2D eigenvalue weighted by Crippen LogP contribution is 2.40. The van der Waals surface area contributed by atoms with Crippen LogP contribution in [0, 0.1) is 0 Å². The van der Waals surface area contributed by atoms with Gasteiger partial charge in [0.15, 0.2) is 11.5 Å². The van der Waals surface area contributed by atoms with Crippen molar-refractivity contribution in [3.63, 3.8) is 0 Å². The fraction of sp³-hybridized carbons (Fsp3) is 0.346. The number of aliphatic hydroxyl groups is 1. The van der Waals surface area contributed by atoms with Crippen molar-refractivity contribution in [2.75, 3.05) is 21.3 Å². The van der Waals surface area contributed by atoms with Gasteiger partial charge in [0.25, 0.3) is 0 Å². The van der Waals surface area contributed by atoms with Crippen molar-refractivity contribution in [1.82, 2.24) is 4.90 Å². The number of esters is 1. The molecule has 1 N–H and O–H groups in total. The molecule has 0 saturated carbocycles. The zero-order valence-electron chi connectivity index (χ0n) is 19.2. The normalized spacial score (nSPS) is 16.2. The lowest BCUT2D eigenvalue weighted by atomic mass is 9.87. The molecule has 0 fully saturated rings. The number of hydrogen-bond acceptors (Lipinski definition) is 6. The van der Waals surface area contributed by atoms with Crippen LogP contribution in [0.4, 0.5) is 0 Å². The molecule has 6 nitrogen and oxygen atoms in total. The third kappa shape index (κ3) is 4.81. The smallest absolute Gasteiger partial charge is 0.338 e. The van der Waals surface area contributed by atoms with Crippen LogP contribution in [0.1, 0.15) is 40.4 Å². The zero-order chi connectivity index (χ0) is 23.3. The molecule has 0 spiro atoms. The predicted molar refractivity (Wildman–Crippen MR) is 124 cm³/mol. The summed E-state index contributed by atoms with van der Waals surface area (Å²) in [6.07, 6.45) is 3.25. The summed E-state index contributed by atoms with van der Waals surface area (Å²) in [5, 5.41) is 9.87. The van der Waals surface area contributed by atoms with E-state index in [1.807, 2.05) is 24.3 Å². The highest BCUT2D eigenvalue weighted by atomic mass is 16.5. The number of allylic oxidation sites excluding steroid dienone is 1. The number of ether oxygens (including phenoxy) is 3. The molecule has 170 valence electrons. The van der Waals surface area contributed by atoms with Crippen LogP contribution in [-0.4, -0.2) is 43.3 Å². The van der Waals surface area contributed by atoms with E-state index < -0.39 is 0 Å². The molecule has 3 rings (SSSR count). The Kier molecular flexibility index (Phi) is 7.59. The largest absolute Gasteiger partial charge is 0.509 e. The van der Waals surface area contributed by atoms with Gasteiger partial charge in [-0.1, -0.05) is 37.8 Å². The number of nitrogens with zero attached hydrogens (tertiary/aromatic N) is 1. The molecule has 0 saturated heterocycles. The van der Waals surface area contributed by atoms with Gasteiger partial charge in [0.05, 0.1) is 26.9 Å². The lowest BCUT2D eigenvalue weighted by molar-refractivity contribution is 0.0597. The van der Waals surface area contributed by atoms with E-state index in [9.17, 15) is 9.90 Å². The van der Waals surface area contributed by atoms with Crippen LogP contribution in [0.5, 0.6) is 11.5 Å². The van der Waals surface area contributed by atoms with E-state index in [0.717, 1.165) is 35.3 Å². The van der Waals surface area contributed by atoms with Gasteiger partial charge in [-0.05, 0) is 47.8 Å². The predicted octanol–water partition coefficient (Wildman–Crippen LogP) is 4.83. The second-order valence-corrected chi connectivity index (χ2v) is 7.78. The summed E-state index contributed by atoms with van der Waals surface area (Å²) >= 11 is 0. The van der Waals surface area contributed by atoms with Gasteiger partial charge >= 0.3 is 5.97 Å². The first-order valence-electron chi connectivity index (χ1n) is 10.6. The Morgan fingerprint density at radius 2 is 1.94 bits per heavy atom. The Bertz CT molecular complexity index is 1030. The molecular weight excluding hydrogens is 406 g/mol. The quantitative estimate of drug-likeness (QED) is 0.363. The van der Waals surface area contributed by atoms with E-state index in [1.165, 1.54) is 12.7 Å². The second-order valence-electron chi connectivity index (χ2n) is 7.78. The van der Waals surface area contributed by atoms with E-state index in [0.29, 0.717) is 24.4 Å². The lowest BCUT2D eigenvalue weighted by Crippen LogP contribution is -2.41. The Labute approximate surface area is 189 Å². The number of methoxy groups -OCH3 is 3. The summed E-state index contributed by atoms with van der Waals surface area (Å²) in [5.41, 5.74) is 4.75. The Hall–Kier alpha value is -3.25. The molecule has 1 atom stereocenters. The maximum absolute atomic E-state index is 12.3. The van der Waals surface area contributed by atoms with Crippen LogP contribution in [0.2, 0.25) is 0 Å². The molecule has 0 amide bonds. The summed E-state index contributed by atoms with van der Waals surface area (Å²) in [4.78, 5) is 14.6. The molecule has 0 aliphatic carbocycles. The zero-order valence-corrected chi connectivity index (χ0v) is 19.2. The molecule has 32 heavy (non-hydrogen) atoms. The summed E-state index contributed by atoms with van der Waals surface area (Å²) < 4.78 is 16.2. The van der Waals surface area contributed by atoms with Crippen LogP contribution in [0.15, 0.2) is 60.4 Å². The summed E-state index contributed by atoms with van der Waals surface area (Å²) in [7, 11) is 4.67. The van der Waals surface area contributed by atoms with Gasteiger partial charge in [-0.2, -0.15) is 0 Å².